The fourth-order valence-electron chi connectivity index (χ4n) is 4.62. The first kappa shape index (κ1) is 15.9. The minimum atomic E-state index is -0.864. The van der Waals surface area contributed by atoms with Gasteiger partial charge in [-0.1, -0.05) is 13.8 Å². The van der Waals surface area contributed by atoms with Crippen molar-refractivity contribution in [2.45, 2.75) is 57.8 Å². The summed E-state index contributed by atoms with van der Waals surface area (Å²) in [5.41, 5.74) is -1.09. The van der Waals surface area contributed by atoms with Gasteiger partial charge in [0.05, 0.1) is 6.10 Å². The van der Waals surface area contributed by atoms with E-state index in [4.69, 9.17) is 9.47 Å². The second-order valence-corrected chi connectivity index (χ2v) is 8.27. The number of amides is 3. The topological polar surface area (TPSA) is 84.9 Å². The maximum absolute atomic E-state index is 12.5. The van der Waals surface area contributed by atoms with Crippen LogP contribution >= 0.6 is 0 Å². The highest BCUT2D eigenvalue weighted by Crippen LogP contribution is 2.53. The van der Waals surface area contributed by atoms with Crippen LogP contribution in [0, 0.1) is 17.3 Å². The molecule has 0 aromatic rings. The van der Waals surface area contributed by atoms with Gasteiger partial charge in [-0.2, -0.15) is 0 Å². The number of carbonyl (C=O) groups excluding carboxylic acids is 3. The molecule has 4 atom stereocenters. The van der Waals surface area contributed by atoms with Crippen LogP contribution in [0.25, 0.3) is 0 Å². The molecule has 132 valence electrons. The van der Waals surface area contributed by atoms with Crippen molar-refractivity contribution in [2.24, 2.45) is 17.3 Å². The number of nitrogens with one attached hydrogen (secondary N) is 1. The molecule has 4 fully saturated rings. The second kappa shape index (κ2) is 4.94. The maximum Gasteiger partial charge on any atom is 0.326 e. The lowest BCUT2D eigenvalue weighted by molar-refractivity contribution is -0.210. The predicted octanol–water partition coefficient (Wildman–Crippen LogP) is 1.06. The standard InChI is InChI=1S/C17H24N2O5/c1-16(2)12-10(6-7-23-12)13(16)24-11(20)8-19-14(21)17(3,9-4-5-9)18-15(19)22/h9-10,12-13H,4-8H2,1-3H3,(H,18,22)/t10-,12-,13+,17+/m0/s1. The summed E-state index contributed by atoms with van der Waals surface area (Å²) in [7, 11) is 0. The Labute approximate surface area is 141 Å². The minimum absolute atomic E-state index is 0.130. The van der Waals surface area contributed by atoms with Crippen LogP contribution in [-0.4, -0.2) is 53.7 Å². The zero-order valence-electron chi connectivity index (χ0n) is 14.3. The van der Waals surface area contributed by atoms with E-state index >= 15 is 0 Å². The highest BCUT2D eigenvalue weighted by molar-refractivity contribution is 6.08. The Morgan fingerprint density at radius 2 is 2.00 bits per heavy atom. The first-order chi connectivity index (χ1) is 11.2. The molecule has 0 aromatic heterocycles. The number of imide groups is 1. The Kier molecular flexibility index (Phi) is 3.27. The number of fused-ring (bicyclic) bond motifs is 1. The first-order valence-corrected chi connectivity index (χ1v) is 8.70. The van der Waals surface area contributed by atoms with Crippen LogP contribution in [-0.2, 0) is 19.1 Å². The van der Waals surface area contributed by atoms with Crippen molar-refractivity contribution < 1.29 is 23.9 Å². The lowest BCUT2D eigenvalue weighted by Gasteiger charge is -2.53. The fourth-order valence-corrected chi connectivity index (χ4v) is 4.62. The Balaban J connectivity index is 1.40. The second-order valence-electron chi connectivity index (χ2n) is 8.27. The van der Waals surface area contributed by atoms with E-state index < -0.39 is 17.5 Å². The van der Waals surface area contributed by atoms with Crippen LogP contribution in [0.3, 0.4) is 0 Å². The zero-order chi connectivity index (χ0) is 17.3. The van der Waals surface area contributed by atoms with Gasteiger partial charge in [-0.3, -0.25) is 14.5 Å². The van der Waals surface area contributed by atoms with Gasteiger partial charge in [0, 0.05) is 17.9 Å². The van der Waals surface area contributed by atoms with Gasteiger partial charge in [0.25, 0.3) is 5.91 Å². The normalized spacial score (nSPS) is 40.1. The number of hydrogen-bond donors (Lipinski definition) is 1. The van der Waals surface area contributed by atoms with Crippen molar-refractivity contribution in [3.8, 4) is 0 Å². The Morgan fingerprint density at radius 1 is 1.29 bits per heavy atom. The smallest absolute Gasteiger partial charge is 0.326 e. The number of ether oxygens (including phenoxy) is 2. The minimum Gasteiger partial charge on any atom is -0.460 e. The third kappa shape index (κ3) is 2.10. The average Bonchev–Trinajstić information content (AvgIpc) is 3.24. The highest BCUT2D eigenvalue weighted by atomic mass is 16.6. The molecular formula is C17H24N2O5. The number of esters is 1. The number of rotatable bonds is 4. The summed E-state index contributed by atoms with van der Waals surface area (Å²) >= 11 is 0. The van der Waals surface area contributed by atoms with Gasteiger partial charge < -0.3 is 14.8 Å². The summed E-state index contributed by atoms with van der Waals surface area (Å²) in [6, 6.07) is -0.499. The molecule has 0 unspecified atom stereocenters. The molecule has 4 rings (SSSR count). The monoisotopic (exact) mass is 336 g/mol. The number of carbonyl (C=O) groups is 3. The maximum atomic E-state index is 12.5. The molecular weight excluding hydrogens is 312 g/mol. The van der Waals surface area contributed by atoms with E-state index in [1.165, 1.54) is 0 Å². The largest absolute Gasteiger partial charge is 0.460 e. The summed E-state index contributed by atoms with van der Waals surface area (Å²) in [5.74, 6) is -0.440. The first-order valence-electron chi connectivity index (χ1n) is 8.70. The quantitative estimate of drug-likeness (QED) is 0.613. The van der Waals surface area contributed by atoms with E-state index in [0.29, 0.717) is 6.61 Å². The Morgan fingerprint density at radius 3 is 2.67 bits per heavy atom. The van der Waals surface area contributed by atoms with Gasteiger partial charge in [-0.05, 0) is 32.1 Å². The Hall–Kier alpha value is -1.63. The van der Waals surface area contributed by atoms with Gasteiger partial charge in [0.1, 0.15) is 18.2 Å². The number of nitrogens with zero attached hydrogens (tertiary/aromatic N) is 1. The molecule has 1 N–H and O–H groups in total. The van der Waals surface area contributed by atoms with E-state index in [1.807, 2.05) is 13.8 Å². The van der Waals surface area contributed by atoms with Gasteiger partial charge in [0.2, 0.25) is 0 Å². The van der Waals surface area contributed by atoms with Gasteiger partial charge >= 0.3 is 12.0 Å². The van der Waals surface area contributed by atoms with E-state index in [0.717, 1.165) is 24.2 Å². The highest BCUT2D eigenvalue weighted by Gasteiger charge is 2.62. The van der Waals surface area contributed by atoms with Gasteiger partial charge in [-0.15, -0.1) is 0 Å². The van der Waals surface area contributed by atoms with E-state index in [1.54, 1.807) is 6.92 Å². The molecule has 0 spiro atoms. The number of urea groups is 1. The van der Waals surface area contributed by atoms with E-state index in [9.17, 15) is 14.4 Å². The zero-order valence-corrected chi connectivity index (χ0v) is 14.3. The third-order valence-corrected chi connectivity index (χ3v) is 6.23. The van der Waals surface area contributed by atoms with Crippen LogP contribution in [0.1, 0.15) is 40.0 Å². The summed E-state index contributed by atoms with van der Waals surface area (Å²) < 4.78 is 11.3. The molecule has 2 saturated heterocycles. The molecule has 0 aromatic carbocycles. The summed E-state index contributed by atoms with van der Waals surface area (Å²) in [6.07, 6.45) is 2.66. The molecule has 4 aliphatic rings. The molecule has 3 amide bonds. The molecule has 2 saturated carbocycles. The molecule has 0 bridgehead atoms. The summed E-state index contributed by atoms with van der Waals surface area (Å²) in [5, 5.41) is 2.74. The van der Waals surface area contributed by atoms with Crippen LogP contribution < -0.4 is 5.32 Å². The lowest BCUT2D eigenvalue weighted by Crippen LogP contribution is -2.61. The Bertz CT molecular complexity index is 614. The fraction of sp³-hybridized carbons (Fsp3) is 0.824. The summed E-state index contributed by atoms with van der Waals surface area (Å²) in [4.78, 5) is 38.0. The third-order valence-electron chi connectivity index (χ3n) is 6.23. The van der Waals surface area contributed by atoms with E-state index in [2.05, 4.69) is 5.32 Å². The molecule has 7 nitrogen and oxygen atoms in total. The van der Waals surface area contributed by atoms with E-state index in [-0.39, 0.29) is 41.9 Å². The SMILES string of the molecule is CC1(C)[C@H](OC(=O)CN2C(=O)N[C@](C)(C3CC3)C2=O)[C@H]2CCO[C@@H]21. The van der Waals surface area contributed by atoms with Crippen molar-refractivity contribution in [3.05, 3.63) is 0 Å². The van der Waals surface area contributed by atoms with Gasteiger partial charge in [0.15, 0.2) is 0 Å². The average molecular weight is 336 g/mol. The molecule has 2 heterocycles. The number of hydrogen-bond acceptors (Lipinski definition) is 5. The van der Waals surface area contributed by atoms with Crippen LogP contribution in [0.2, 0.25) is 0 Å². The van der Waals surface area contributed by atoms with Crippen molar-refractivity contribution in [3.63, 3.8) is 0 Å². The van der Waals surface area contributed by atoms with Crippen molar-refractivity contribution >= 4 is 17.9 Å². The molecule has 2 aliphatic heterocycles. The van der Waals surface area contributed by atoms with Crippen molar-refractivity contribution in [1.29, 1.82) is 0 Å². The molecule has 7 heteroatoms. The van der Waals surface area contributed by atoms with Crippen LogP contribution in [0.15, 0.2) is 0 Å². The summed E-state index contributed by atoms with van der Waals surface area (Å²) in [6.45, 7) is 6.16. The molecule has 0 radical (unpaired) electrons. The van der Waals surface area contributed by atoms with Crippen molar-refractivity contribution in [1.82, 2.24) is 10.2 Å². The predicted molar refractivity (Wildman–Crippen MR) is 82.9 cm³/mol. The lowest BCUT2D eigenvalue weighted by atomic mass is 9.59. The van der Waals surface area contributed by atoms with Crippen LogP contribution in [0.5, 0.6) is 0 Å². The van der Waals surface area contributed by atoms with Crippen molar-refractivity contribution in [2.75, 3.05) is 13.2 Å². The van der Waals surface area contributed by atoms with Crippen LogP contribution in [0.4, 0.5) is 4.79 Å². The molecule has 2 aliphatic carbocycles. The van der Waals surface area contributed by atoms with Gasteiger partial charge in [-0.25, -0.2) is 4.79 Å². The molecule has 24 heavy (non-hydrogen) atoms.